The van der Waals surface area contributed by atoms with Crippen LogP contribution in [0.15, 0.2) is 53.0 Å². The van der Waals surface area contributed by atoms with Crippen molar-refractivity contribution in [3.63, 3.8) is 0 Å². The van der Waals surface area contributed by atoms with Crippen molar-refractivity contribution in [1.29, 1.82) is 0 Å². The summed E-state index contributed by atoms with van der Waals surface area (Å²) in [5.74, 6) is 0.289. The molecule has 0 heterocycles. The highest BCUT2D eigenvalue weighted by atomic mass is 79.9. The van der Waals surface area contributed by atoms with Crippen molar-refractivity contribution in [2.24, 2.45) is 0 Å². The lowest BCUT2D eigenvalue weighted by molar-refractivity contribution is -0.142. The summed E-state index contributed by atoms with van der Waals surface area (Å²) in [4.78, 5) is 27.4. The van der Waals surface area contributed by atoms with Crippen molar-refractivity contribution in [3.05, 3.63) is 64.1 Å². The van der Waals surface area contributed by atoms with E-state index in [9.17, 15) is 9.59 Å². The lowest BCUT2D eigenvalue weighted by atomic mass is 9.86. The molecule has 0 saturated carbocycles. The van der Waals surface area contributed by atoms with E-state index in [1.807, 2.05) is 55.5 Å². The molecule has 2 amide bonds. The maximum atomic E-state index is 13.2. The Morgan fingerprint density at radius 2 is 1.84 bits per heavy atom. The van der Waals surface area contributed by atoms with Crippen molar-refractivity contribution < 1.29 is 14.3 Å². The second-order valence-electron chi connectivity index (χ2n) is 8.65. The van der Waals surface area contributed by atoms with E-state index in [0.29, 0.717) is 18.8 Å². The van der Waals surface area contributed by atoms with Crippen LogP contribution in [-0.2, 0) is 21.5 Å². The summed E-state index contributed by atoms with van der Waals surface area (Å²) in [5.41, 5.74) is 1.87. The standard InChI is InChI=1S/C25H33BrN2O3/c1-6-14-27-24(30)18(2)28(16-19-10-9-11-20(26)15-19)23(29)17-31-22-13-8-7-12-21(22)25(3,4)5/h7-13,15,18H,6,14,16-17H2,1-5H3,(H,27,30)/t18-/m1/s1. The van der Waals surface area contributed by atoms with Crippen LogP contribution in [0.1, 0.15) is 52.2 Å². The van der Waals surface area contributed by atoms with Crippen LogP contribution in [0, 0.1) is 0 Å². The lowest BCUT2D eigenvalue weighted by Crippen LogP contribution is -2.49. The third-order valence-corrected chi connectivity index (χ3v) is 5.50. The first kappa shape index (κ1) is 24.9. The van der Waals surface area contributed by atoms with Gasteiger partial charge in [-0.05, 0) is 48.1 Å². The second-order valence-corrected chi connectivity index (χ2v) is 9.57. The largest absolute Gasteiger partial charge is 0.483 e. The molecule has 31 heavy (non-hydrogen) atoms. The van der Waals surface area contributed by atoms with Gasteiger partial charge in [-0.25, -0.2) is 0 Å². The van der Waals surface area contributed by atoms with Crippen molar-refractivity contribution >= 4 is 27.7 Å². The van der Waals surface area contributed by atoms with Gasteiger partial charge >= 0.3 is 0 Å². The summed E-state index contributed by atoms with van der Waals surface area (Å²) in [6, 6.07) is 14.9. The van der Waals surface area contributed by atoms with Gasteiger partial charge in [-0.2, -0.15) is 0 Å². The van der Waals surface area contributed by atoms with Gasteiger partial charge in [0.15, 0.2) is 6.61 Å². The molecular formula is C25H33BrN2O3. The monoisotopic (exact) mass is 488 g/mol. The Morgan fingerprint density at radius 3 is 2.48 bits per heavy atom. The second kappa shape index (κ2) is 11.3. The number of carbonyl (C=O) groups is 2. The zero-order valence-electron chi connectivity index (χ0n) is 19.1. The predicted molar refractivity (Wildman–Crippen MR) is 128 cm³/mol. The molecule has 2 aromatic carbocycles. The molecule has 5 nitrogen and oxygen atoms in total. The molecule has 1 atom stereocenters. The maximum absolute atomic E-state index is 13.2. The van der Waals surface area contributed by atoms with Gasteiger partial charge in [0, 0.05) is 17.6 Å². The Kier molecular flexibility index (Phi) is 9.11. The summed E-state index contributed by atoms with van der Waals surface area (Å²) < 4.78 is 6.87. The number of amides is 2. The van der Waals surface area contributed by atoms with Crippen LogP contribution in [0.25, 0.3) is 0 Å². The number of hydrogen-bond donors (Lipinski definition) is 1. The molecule has 0 spiro atoms. The molecule has 0 saturated heterocycles. The Morgan fingerprint density at radius 1 is 1.13 bits per heavy atom. The van der Waals surface area contributed by atoms with Crippen LogP contribution in [0.4, 0.5) is 0 Å². The molecule has 0 aliphatic heterocycles. The number of para-hydroxylation sites is 1. The summed E-state index contributed by atoms with van der Waals surface area (Å²) in [6.45, 7) is 10.8. The topological polar surface area (TPSA) is 58.6 Å². The Bertz CT molecular complexity index is 892. The minimum atomic E-state index is -0.612. The molecule has 0 aromatic heterocycles. The molecule has 6 heteroatoms. The van der Waals surface area contributed by atoms with Gasteiger partial charge in [-0.3, -0.25) is 9.59 Å². The zero-order chi connectivity index (χ0) is 23.0. The van der Waals surface area contributed by atoms with Crippen LogP contribution in [0.2, 0.25) is 0 Å². The Labute approximate surface area is 194 Å². The fourth-order valence-electron chi connectivity index (χ4n) is 3.25. The maximum Gasteiger partial charge on any atom is 0.261 e. The highest BCUT2D eigenvalue weighted by Crippen LogP contribution is 2.31. The van der Waals surface area contributed by atoms with Crippen LogP contribution >= 0.6 is 15.9 Å². The first-order valence-electron chi connectivity index (χ1n) is 10.7. The Balaban J connectivity index is 2.21. The molecule has 0 unspecified atom stereocenters. The third kappa shape index (κ3) is 7.39. The van der Waals surface area contributed by atoms with E-state index < -0.39 is 6.04 Å². The van der Waals surface area contributed by atoms with Crippen molar-refractivity contribution in [3.8, 4) is 5.75 Å². The molecule has 168 valence electrons. The Hall–Kier alpha value is -2.34. The van der Waals surface area contributed by atoms with Crippen molar-refractivity contribution in [1.82, 2.24) is 10.2 Å². The molecule has 0 aliphatic carbocycles. The normalized spacial score (nSPS) is 12.2. The minimum Gasteiger partial charge on any atom is -0.483 e. The summed E-state index contributed by atoms with van der Waals surface area (Å²) in [7, 11) is 0. The molecule has 2 aromatic rings. The van der Waals surface area contributed by atoms with Crippen molar-refractivity contribution in [2.75, 3.05) is 13.2 Å². The van der Waals surface area contributed by atoms with E-state index in [-0.39, 0.29) is 23.8 Å². The van der Waals surface area contributed by atoms with Gasteiger partial charge in [0.2, 0.25) is 5.91 Å². The van der Waals surface area contributed by atoms with E-state index in [1.54, 1.807) is 11.8 Å². The molecule has 0 radical (unpaired) electrons. The van der Waals surface area contributed by atoms with Gasteiger partial charge in [0.05, 0.1) is 0 Å². The predicted octanol–water partition coefficient (Wildman–Crippen LogP) is 5.07. The number of ether oxygens (including phenoxy) is 1. The van der Waals surface area contributed by atoms with Crippen LogP contribution < -0.4 is 10.1 Å². The fourth-order valence-corrected chi connectivity index (χ4v) is 3.69. The SMILES string of the molecule is CCCNC(=O)[C@@H](C)N(Cc1cccc(Br)c1)C(=O)COc1ccccc1C(C)(C)C. The minimum absolute atomic E-state index is 0.108. The van der Waals surface area contributed by atoms with Gasteiger partial charge in [-0.1, -0.05) is 74.0 Å². The number of carbonyl (C=O) groups excluding carboxylic acids is 2. The van der Waals surface area contributed by atoms with E-state index in [0.717, 1.165) is 22.0 Å². The van der Waals surface area contributed by atoms with Crippen LogP contribution in [0.5, 0.6) is 5.75 Å². The molecule has 0 bridgehead atoms. The van der Waals surface area contributed by atoms with Crippen molar-refractivity contribution in [2.45, 2.75) is 59.0 Å². The quantitative estimate of drug-likeness (QED) is 0.535. The smallest absolute Gasteiger partial charge is 0.261 e. The highest BCUT2D eigenvalue weighted by Gasteiger charge is 2.27. The number of rotatable bonds is 9. The highest BCUT2D eigenvalue weighted by molar-refractivity contribution is 9.10. The van der Waals surface area contributed by atoms with E-state index in [1.165, 1.54) is 0 Å². The number of halogens is 1. The molecule has 2 rings (SSSR count). The van der Waals surface area contributed by atoms with Gasteiger partial charge < -0.3 is 15.0 Å². The molecule has 0 aliphatic rings. The van der Waals surface area contributed by atoms with E-state index in [4.69, 9.17) is 4.74 Å². The van der Waals surface area contributed by atoms with E-state index >= 15 is 0 Å². The number of benzene rings is 2. The van der Waals surface area contributed by atoms with Crippen LogP contribution in [-0.4, -0.2) is 35.9 Å². The van der Waals surface area contributed by atoms with Gasteiger partial charge in [0.1, 0.15) is 11.8 Å². The first-order chi connectivity index (χ1) is 14.6. The molecular weight excluding hydrogens is 456 g/mol. The third-order valence-electron chi connectivity index (χ3n) is 5.00. The van der Waals surface area contributed by atoms with Gasteiger partial charge in [-0.15, -0.1) is 0 Å². The average Bonchev–Trinajstić information content (AvgIpc) is 2.73. The van der Waals surface area contributed by atoms with Crippen LogP contribution in [0.3, 0.4) is 0 Å². The number of nitrogens with one attached hydrogen (secondary N) is 1. The average molecular weight is 489 g/mol. The molecule has 0 fully saturated rings. The van der Waals surface area contributed by atoms with Gasteiger partial charge in [0.25, 0.3) is 5.91 Å². The van der Waals surface area contributed by atoms with E-state index in [2.05, 4.69) is 42.0 Å². The summed E-state index contributed by atoms with van der Waals surface area (Å²) >= 11 is 3.47. The number of nitrogens with zero attached hydrogens (tertiary/aromatic N) is 1. The fraction of sp³-hybridized carbons (Fsp3) is 0.440. The number of hydrogen-bond acceptors (Lipinski definition) is 3. The zero-order valence-corrected chi connectivity index (χ0v) is 20.7. The lowest BCUT2D eigenvalue weighted by Gasteiger charge is -2.29. The summed E-state index contributed by atoms with van der Waals surface area (Å²) in [5, 5.41) is 2.88. The first-order valence-corrected chi connectivity index (χ1v) is 11.5. The molecule has 1 N–H and O–H groups in total. The summed E-state index contributed by atoms with van der Waals surface area (Å²) in [6.07, 6.45) is 0.838.